The Labute approximate surface area is 196 Å². The fourth-order valence-electron chi connectivity index (χ4n) is 5.05. The quantitative estimate of drug-likeness (QED) is 0.547. The first kappa shape index (κ1) is 20.2. The minimum atomic E-state index is -0.970. The van der Waals surface area contributed by atoms with Gasteiger partial charge in [0.15, 0.2) is 6.21 Å². The number of fused-ring (bicyclic) bond motifs is 3. The Morgan fingerprint density at radius 3 is 2.59 bits per heavy atom. The molecule has 5 nitrogen and oxygen atoms in total. The van der Waals surface area contributed by atoms with E-state index >= 15 is 0 Å². The van der Waals surface area contributed by atoms with Gasteiger partial charge >= 0.3 is 5.97 Å². The number of para-hydroxylation sites is 1. The summed E-state index contributed by atoms with van der Waals surface area (Å²) in [6.45, 7) is 0. The Kier molecular flexibility index (Phi) is 4.69. The molecule has 2 aliphatic heterocycles. The van der Waals surface area contributed by atoms with Crippen molar-refractivity contribution in [3.8, 4) is 11.5 Å². The average molecular weight is 448 g/mol. The molecule has 3 N–H and O–H groups in total. The van der Waals surface area contributed by atoms with Crippen molar-refractivity contribution in [2.75, 3.05) is 0 Å². The summed E-state index contributed by atoms with van der Waals surface area (Å²) in [7, 11) is 0. The number of aromatic hydroxyl groups is 1. The lowest BCUT2D eigenvalue weighted by molar-refractivity contribution is -0.342. The topological polar surface area (TPSA) is 80.7 Å². The van der Waals surface area contributed by atoms with Gasteiger partial charge in [0.05, 0.1) is 16.7 Å². The maximum Gasteiger partial charge on any atom is 0.336 e. The van der Waals surface area contributed by atoms with E-state index in [1.54, 1.807) is 30.3 Å². The number of allylic oxidation sites excluding steroid dienone is 4. The van der Waals surface area contributed by atoms with Crippen LogP contribution in [0, 0.1) is 0 Å². The van der Waals surface area contributed by atoms with E-state index in [4.69, 9.17) is 4.74 Å². The first-order valence-corrected chi connectivity index (χ1v) is 11.3. The second-order valence-corrected chi connectivity index (χ2v) is 8.63. The average Bonchev–Trinajstić information content (AvgIpc) is 3.25. The van der Waals surface area contributed by atoms with Crippen molar-refractivity contribution in [1.29, 1.82) is 0 Å². The molecular weight excluding hydrogens is 426 g/mol. The first-order chi connectivity index (χ1) is 16.6. The molecule has 3 aromatic carbocycles. The van der Waals surface area contributed by atoms with Gasteiger partial charge in [0, 0.05) is 28.8 Å². The Morgan fingerprint density at radius 2 is 1.74 bits per heavy atom. The van der Waals surface area contributed by atoms with Crippen LogP contribution < -0.4 is 9.73 Å². The lowest BCUT2D eigenvalue weighted by Gasteiger charge is -2.31. The van der Waals surface area contributed by atoms with Crippen LogP contribution in [-0.4, -0.2) is 22.4 Å². The molecule has 0 saturated carbocycles. The minimum absolute atomic E-state index is 0.103. The zero-order chi connectivity index (χ0) is 23.2. The Hall–Kier alpha value is -4.38. The van der Waals surface area contributed by atoms with E-state index in [-0.39, 0.29) is 11.3 Å². The van der Waals surface area contributed by atoms with Gasteiger partial charge in [0.1, 0.15) is 17.3 Å². The van der Waals surface area contributed by atoms with E-state index in [1.807, 2.05) is 36.5 Å². The molecule has 0 atom stereocenters. The summed E-state index contributed by atoms with van der Waals surface area (Å²) in [5.41, 5.74) is 7.91. The second-order valence-electron chi connectivity index (χ2n) is 8.63. The number of nitrogens with one attached hydrogen (secondary N) is 1. The highest BCUT2D eigenvalue weighted by atomic mass is 16.5. The van der Waals surface area contributed by atoms with Gasteiger partial charge in [-0.2, -0.15) is 0 Å². The molecule has 0 amide bonds. The van der Waals surface area contributed by atoms with Gasteiger partial charge < -0.3 is 14.9 Å². The molecule has 0 saturated heterocycles. The van der Waals surface area contributed by atoms with Crippen molar-refractivity contribution < 1.29 is 24.7 Å². The third-order valence-corrected chi connectivity index (χ3v) is 6.56. The number of phenols is 1. The van der Waals surface area contributed by atoms with Gasteiger partial charge in [0.2, 0.25) is 5.69 Å². The third-order valence-electron chi connectivity index (χ3n) is 6.56. The van der Waals surface area contributed by atoms with Crippen molar-refractivity contribution in [1.82, 2.24) is 0 Å². The Balaban J connectivity index is 1.61. The van der Waals surface area contributed by atoms with E-state index in [9.17, 15) is 15.0 Å². The zero-order valence-corrected chi connectivity index (χ0v) is 18.3. The molecule has 0 fully saturated rings. The molecule has 0 spiro atoms. The van der Waals surface area contributed by atoms with Crippen LogP contribution in [0.3, 0.4) is 0 Å². The predicted octanol–water partition coefficient (Wildman–Crippen LogP) is 4.60. The van der Waals surface area contributed by atoms with Gasteiger partial charge in [-0.25, -0.2) is 9.79 Å². The molecule has 3 aliphatic rings. The number of hydrogen-bond acceptors (Lipinski definition) is 3. The van der Waals surface area contributed by atoms with Crippen LogP contribution in [-0.2, 0) is 0 Å². The molecular formula is C29H22NO4+. The monoisotopic (exact) mass is 448 g/mol. The van der Waals surface area contributed by atoms with Gasteiger partial charge in [-0.05, 0) is 60.7 Å². The lowest BCUT2D eigenvalue weighted by atomic mass is 9.81. The van der Waals surface area contributed by atoms with Gasteiger partial charge in [-0.3, -0.25) is 0 Å². The third kappa shape index (κ3) is 3.25. The molecule has 34 heavy (non-hydrogen) atoms. The number of aromatic carboxylic acids is 1. The van der Waals surface area contributed by atoms with Crippen LogP contribution in [0.25, 0.3) is 11.1 Å². The lowest BCUT2D eigenvalue weighted by Crippen LogP contribution is -2.58. The Morgan fingerprint density at radius 1 is 0.941 bits per heavy atom. The summed E-state index contributed by atoms with van der Waals surface area (Å²) < 4.78 is 6.42. The first-order valence-electron chi connectivity index (χ1n) is 11.3. The molecule has 2 heterocycles. The number of rotatable bonds is 3. The summed E-state index contributed by atoms with van der Waals surface area (Å²) in [5.74, 6) is 0.416. The number of phenolic OH excluding ortho intramolecular Hbond substituents is 1. The fraction of sp³-hybridized carbons (Fsp3) is 0.103. The van der Waals surface area contributed by atoms with Crippen molar-refractivity contribution in [2.24, 2.45) is 0 Å². The van der Waals surface area contributed by atoms with Gasteiger partial charge in [-0.1, -0.05) is 30.3 Å². The molecule has 166 valence electrons. The largest absolute Gasteiger partial charge is 0.508 e. The summed E-state index contributed by atoms with van der Waals surface area (Å²) in [6, 6.07) is 20.3. The molecule has 3 aromatic rings. The van der Waals surface area contributed by atoms with Crippen molar-refractivity contribution in [2.45, 2.75) is 19.3 Å². The molecule has 0 aromatic heterocycles. The van der Waals surface area contributed by atoms with Gasteiger partial charge in [-0.15, -0.1) is 0 Å². The summed E-state index contributed by atoms with van der Waals surface area (Å²) in [4.78, 5) is 15.4. The smallest absolute Gasteiger partial charge is 0.336 e. The zero-order valence-electron chi connectivity index (χ0n) is 18.3. The number of carbonyl (C=O) groups is 1. The van der Waals surface area contributed by atoms with E-state index < -0.39 is 5.97 Å². The molecule has 0 bridgehead atoms. The summed E-state index contributed by atoms with van der Waals surface area (Å²) in [5, 5.41) is 20.1. The highest BCUT2D eigenvalue weighted by Crippen LogP contribution is 2.48. The fourth-order valence-corrected chi connectivity index (χ4v) is 5.05. The highest BCUT2D eigenvalue weighted by Gasteiger charge is 2.32. The standard InChI is InChI=1S/C29H21NO4/c31-19-12-13-23-26(15-19)34-28-17(14-18-16-30-25-11-4-3-7-20(18)25)6-5-10-24(28)27(23)21-8-1-2-9-22(21)29(32)33/h1-4,7-9,11-16,31H,5-6,10H2,(H,32,33)/p+1. The van der Waals surface area contributed by atoms with Crippen LogP contribution in [0.1, 0.15) is 46.3 Å². The van der Waals surface area contributed by atoms with Gasteiger partial charge in [0.25, 0.3) is 0 Å². The Bertz CT molecular complexity index is 1490. The molecule has 1 aliphatic carbocycles. The van der Waals surface area contributed by atoms with E-state index in [0.29, 0.717) is 11.3 Å². The van der Waals surface area contributed by atoms with E-state index in [0.717, 1.165) is 64.1 Å². The second kappa shape index (κ2) is 7.89. The summed E-state index contributed by atoms with van der Waals surface area (Å²) in [6.07, 6.45) is 6.72. The number of hydrogen-bond donors (Lipinski definition) is 3. The van der Waals surface area contributed by atoms with Crippen molar-refractivity contribution in [3.63, 3.8) is 0 Å². The number of benzene rings is 3. The number of carboxylic acid groups (broad SMARTS) is 1. The van der Waals surface area contributed by atoms with E-state index in [2.05, 4.69) is 17.1 Å². The summed E-state index contributed by atoms with van der Waals surface area (Å²) >= 11 is 0. The van der Waals surface area contributed by atoms with Crippen molar-refractivity contribution >= 4 is 29.0 Å². The van der Waals surface area contributed by atoms with Crippen LogP contribution in [0.5, 0.6) is 11.5 Å². The van der Waals surface area contributed by atoms with Crippen molar-refractivity contribution in [3.05, 3.63) is 112 Å². The van der Waals surface area contributed by atoms with E-state index in [1.165, 1.54) is 0 Å². The molecule has 0 unspecified atom stereocenters. The minimum Gasteiger partial charge on any atom is -0.508 e. The van der Waals surface area contributed by atoms with Crippen LogP contribution in [0.2, 0.25) is 0 Å². The molecule has 6 rings (SSSR count). The van der Waals surface area contributed by atoms with Crippen LogP contribution in [0.4, 0.5) is 5.69 Å². The molecule has 0 radical (unpaired) electrons. The SMILES string of the molecule is O=C(O)c1ccccc1C1=C2CCCC(C=C3C=[NH+]c4ccccc43)=C2Oc2cc(O)ccc21. The highest BCUT2D eigenvalue weighted by molar-refractivity contribution is 6.12. The molecule has 5 heteroatoms. The predicted molar refractivity (Wildman–Crippen MR) is 130 cm³/mol. The normalized spacial score (nSPS) is 17.4. The maximum absolute atomic E-state index is 12.1. The maximum atomic E-state index is 12.1. The number of carboxylic acids is 1. The van der Waals surface area contributed by atoms with Crippen LogP contribution in [0.15, 0.2) is 89.7 Å². The number of ether oxygens (including phenoxy) is 1. The van der Waals surface area contributed by atoms with Crippen LogP contribution >= 0.6 is 0 Å².